The molecule has 0 aliphatic heterocycles. The van der Waals surface area contributed by atoms with Crippen LogP contribution in [-0.4, -0.2) is 18.4 Å². The number of nitrogen functional groups attached to an aromatic ring is 1. The molecule has 94 valence electrons. The quantitative estimate of drug-likeness (QED) is 0.833. The van der Waals surface area contributed by atoms with Gasteiger partial charge < -0.3 is 5.73 Å². The topological polar surface area (TPSA) is 98.0 Å². The Kier molecular flexibility index (Phi) is 3.35. The fraction of sp³-hybridized carbons (Fsp3) is 0. The van der Waals surface area contributed by atoms with Crippen LogP contribution in [0, 0.1) is 0 Å². The predicted octanol–water partition coefficient (Wildman–Crippen LogP) is 1.51. The number of aromatic nitrogens is 2. The van der Waals surface area contributed by atoms with Gasteiger partial charge in [0.25, 0.3) is 10.0 Å². The van der Waals surface area contributed by atoms with Gasteiger partial charge in [-0.15, -0.1) is 0 Å². The molecule has 0 aliphatic carbocycles. The molecule has 0 saturated carbocycles. The Morgan fingerprint density at radius 3 is 2.78 bits per heavy atom. The lowest BCUT2D eigenvalue weighted by molar-refractivity contribution is 0.601. The number of anilines is 2. The first-order chi connectivity index (χ1) is 8.49. The Bertz CT molecular complexity index is 661. The molecule has 2 heterocycles. The number of rotatable bonds is 3. The molecule has 3 N–H and O–H groups in total. The average molecular weight is 285 g/mol. The van der Waals surface area contributed by atoms with Crippen LogP contribution < -0.4 is 10.5 Å². The Morgan fingerprint density at radius 1 is 1.33 bits per heavy atom. The average Bonchev–Trinajstić information content (AvgIpc) is 2.35. The van der Waals surface area contributed by atoms with Crippen molar-refractivity contribution < 1.29 is 8.42 Å². The van der Waals surface area contributed by atoms with Crippen LogP contribution >= 0.6 is 11.6 Å². The lowest BCUT2D eigenvalue weighted by Crippen LogP contribution is -2.14. The van der Waals surface area contributed by atoms with E-state index in [9.17, 15) is 8.42 Å². The molecule has 8 heteroatoms. The molecule has 0 aliphatic rings. The first-order valence-electron chi connectivity index (χ1n) is 4.83. The molecule has 2 rings (SSSR count). The Hall–Kier alpha value is -1.86. The number of pyridine rings is 2. The van der Waals surface area contributed by atoms with Crippen LogP contribution in [0.15, 0.2) is 41.7 Å². The van der Waals surface area contributed by atoms with Gasteiger partial charge in [-0.1, -0.05) is 11.6 Å². The summed E-state index contributed by atoms with van der Waals surface area (Å²) < 4.78 is 26.3. The van der Waals surface area contributed by atoms with Gasteiger partial charge in [0.05, 0.1) is 17.6 Å². The second kappa shape index (κ2) is 4.79. The van der Waals surface area contributed by atoms with Gasteiger partial charge >= 0.3 is 0 Å². The van der Waals surface area contributed by atoms with Crippen molar-refractivity contribution in [3.8, 4) is 0 Å². The van der Waals surface area contributed by atoms with Crippen molar-refractivity contribution in [1.82, 2.24) is 9.97 Å². The van der Waals surface area contributed by atoms with E-state index in [1.54, 1.807) is 0 Å². The maximum atomic E-state index is 12.0. The van der Waals surface area contributed by atoms with Crippen molar-refractivity contribution in [3.05, 3.63) is 41.9 Å². The van der Waals surface area contributed by atoms with Crippen LogP contribution in [0.2, 0.25) is 5.15 Å². The fourth-order valence-corrected chi connectivity index (χ4v) is 2.47. The summed E-state index contributed by atoms with van der Waals surface area (Å²) in [5.74, 6) is 0. The van der Waals surface area contributed by atoms with Crippen molar-refractivity contribution in [1.29, 1.82) is 0 Å². The lowest BCUT2D eigenvalue weighted by atomic mass is 10.4. The molecule has 0 fully saturated rings. The summed E-state index contributed by atoms with van der Waals surface area (Å²) in [5.41, 5.74) is 5.95. The van der Waals surface area contributed by atoms with Crippen LogP contribution in [0.4, 0.5) is 11.4 Å². The highest BCUT2D eigenvalue weighted by Crippen LogP contribution is 2.24. The minimum Gasteiger partial charge on any atom is -0.397 e. The van der Waals surface area contributed by atoms with E-state index in [2.05, 4.69) is 14.7 Å². The smallest absolute Gasteiger partial charge is 0.263 e. The number of hydrogen-bond acceptors (Lipinski definition) is 5. The number of hydrogen-bond donors (Lipinski definition) is 2. The summed E-state index contributed by atoms with van der Waals surface area (Å²) in [4.78, 5) is 7.53. The molecule has 0 spiro atoms. The highest BCUT2D eigenvalue weighted by Gasteiger charge is 2.16. The maximum Gasteiger partial charge on any atom is 0.263 e. The van der Waals surface area contributed by atoms with E-state index in [0.717, 1.165) is 0 Å². The molecular weight excluding hydrogens is 276 g/mol. The molecule has 0 aromatic carbocycles. The highest BCUT2D eigenvalue weighted by molar-refractivity contribution is 7.92. The van der Waals surface area contributed by atoms with Crippen molar-refractivity contribution in [2.24, 2.45) is 0 Å². The van der Waals surface area contributed by atoms with Gasteiger partial charge in [-0.25, -0.2) is 13.4 Å². The third-order valence-corrected chi connectivity index (χ3v) is 3.70. The number of nitrogens with zero attached hydrogens (tertiary/aromatic N) is 2. The molecular formula is C10H9ClN4O2S. The lowest BCUT2D eigenvalue weighted by Gasteiger charge is -2.09. The van der Waals surface area contributed by atoms with Crippen LogP contribution in [0.3, 0.4) is 0 Å². The molecule has 18 heavy (non-hydrogen) atoms. The first-order valence-corrected chi connectivity index (χ1v) is 6.69. The third kappa shape index (κ3) is 2.69. The Morgan fingerprint density at radius 2 is 2.11 bits per heavy atom. The second-order valence-electron chi connectivity index (χ2n) is 3.40. The summed E-state index contributed by atoms with van der Waals surface area (Å²) in [6, 6.07) is 4.33. The molecule has 0 atom stereocenters. The van der Waals surface area contributed by atoms with Gasteiger partial charge in [0.15, 0.2) is 5.15 Å². The van der Waals surface area contributed by atoms with Crippen molar-refractivity contribution >= 4 is 33.0 Å². The van der Waals surface area contributed by atoms with Gasteiger partial charge in [0.1, 0.15) is 4.90 Å². The highest BCUT2D eigenvalue weighted by atomic mass is 35.5. The Labute approximate surface area is 109 Å². The minimum atomic E-state index is -3.75. The number of sulfonamides is 1. The zero-order valence-corrected chi connectivity index (χ0v) is 10.6. The monoisotopic (exact) mass is 284 g/mol. The predicted molar refractivity (Wildman–Crippen MR) is 68.7 cm³/mol. The van der Waals surface area contributed by atoms with E-state index < -0.39 is 10.0 Å². The van der Waals surface area contributed by atoms with Crippen LogP contribution in [0.1, 0.15) is 0 Å². The normalized spacial score (nSPS) is 11.2. The first kappa shape index (κ1) is 12.6. The van der Waals surface area contributed by atoms with Gasteiger partial charge in [0.2, 0.25) is 0 Å². The third-order valence-electron chi connectivity index (χ3n) is 2.05. The summed E-state index contributed by atoms with van der Waals surface area (Å²) in [6.07, 6.45) is 4.05. The van der Waals surface area contributed by atoms with E-state index in [4.69, 9.17) is 17.3 Å². The molecule has 0 unspecified atom stereocenters. The van der Waals surface area contributed by atoms with E-state index in [-0.39, 0.29) is 15.7 Å². The SMILES string of the molecule is Nc1cnc(Cl)c(NS(=O)(=O)c2cccnc2)c1. The van der Waals surface area contributed by atoms with Crippen molar-refractivity contribution in [2.75, 3.05) is 10.5 Å². The number of nitrogens with one attached hydrogen (secondary N) is 1. The van der Waals surface area contributed by atoms with Gasteiger partial charge in [-0.05, 0) is 18.2 Å². The molecule has 0 radical (unpaired) electrons. The molecule has 0 amide bonds. The maximum absolute atomic E-state index is 12.0. The number of nitrogens with two attached hydrogens (primary N) is 1. The summed E-state index contributed by atoms with van der Waals surface area (Å²) >= 11 is 5.78. The van der Waals surface area contributed by atoms with Crippen molar-refractivity contribution in [3.63, 3.8) is 0 Å². The van der Waals surface area contributed by atoms with Crippen LogP contribution in [0.25, 0.3) is 0 Å². The largest absolute Gasteiger partial charge is 0.397 e. The van der Waals surface area contributed by atoms with E-state index in [1.165, 1.54) is 36.8 Å². The molecule has 6 nitrogen and oxygen atoms in total. The minimum absolute atomic E-state index is 0.0247. The van der Waals surface area contributed by atoms with E-state index in [1.807, 2.05) is 0 Å². The molecule has 2 aromatic heterocycles. The van der Waals surface area contributed by atoms with Crippen molar-refractivity contribution in [2.45, 2.75) is 4.90 Å². The van der Waals surface area contributed by atoms with Gasteiger partial charge in [-0.3, -0.25) is 9.71 Å². The molecule has 0 bridgehead atoms. The molecule has 2 aromatic rings. The summed E-state index contributed by atoms with van der Waals surface area (Å²) in [7, 11) is -3.75. The fourth-order valence-electron chi connectivity index (χ4n) is 1.25. The van der Waals surface area contributed by atoms with E-state index in [0.29, 0.717) is 5.69 Å². The van der Waals surface area contributed by atoms with Crippen LogP contribution in [-0.2, 0) is 10.0 Å². The Balaban J connectivity index is 2.37. The summed E-state index contributed by atoms with van der Waals surface area (Å²) in [6.45, 7) is 0. The number of halogens is 1. The molecule has 0 saturated heterocycles. The summed E-state index contributed by atoms with van der Waals surface area (Å²) in [5, 5.41) is 0.0247. The zero-order valence-electron chi connectivity index (χ0n) is 9.04. The van der Waals surface area contributed by atoms with Gasteiger partial charge in [0, 0.05) is 12.4 Å². The van der Waals surface area contributed by atoms with Crippen LogP contribution in [0.5, 0.6) is 0 Å². The van der Waals surface area contributed by atoms with E-state index >= 15 is 0 Å². The van der Waals surface area contributed by atoms with Gasteiger partial charge in [-0.2, -0.15) is 0 Å². The second-order valence-corrected chi connectivity index (χ2v) is 5.44. The standard InChI is InChI=1S/C10H9ClN4O2S/c11-10-9(4-7(12)5-14-10)15-18(16,17)8-2-1-3-13-6-8/h1-6,15H,12H2. The zero-order chi connectivity index (χ0) is 13.2.